The molecule has 0 fully saturated rings. The summed E-state index contributed by atoms with van der Waals surface area (Å²) in [6, 6.07) is 2.65. The smallest absolute Gasteiger partial charge is 0.329 e. The number of nitrogens with one attached hydrogen (secondary N) is 2. The first-order valence-electron chi connectivity index (χ1n) is 16.9. The number of carbonyl (C=O) groups is 3. The summed E-state index contributed by atoms with van der Waals surface area (Å²) in [6.07, 6.45) is 38.7. The first kappa shape index (κ1) is 41.7. The highest BCUT2D eigenvalue weighted by molar-refractivity contribution is 5.85. The Morgan fingerprint density at radius 1 is 0.812 bits per heavy atom. The minimum Gasteiger partial charge on any atom is -0.456 e. The van der Waals surface area contributed by atoms with Gasteiger partial charge in [0.25, 0.3) is 0 Å². The molecule has 2 amide bonds. The van der Waals surface area contributed by atoms with Crippen molar-refractivity contribution in [2.24, 2.45) is 0 Å². The Bertz CT molecular complexity index is 1210. The monoisotopic (exact) mass is 661 g/mol. The molecule has 1 aromatic heterocycles. The van der Waals surface area contributed by atoms with Crippen molar-refractivity contribution in [3.8, 4) is 0 Å². The van der Waals surface area contributed by atoms with E-state index in [0.29, 0.717) is 25.8 Å². The Balaban J connectivity index is 2.27. The number of aromatic nitrogens is 1. The number of aliphatic hydroxyl groups is 2. The number of rotatable bonds is 26. The summed E-state index contributed by atoms with van der Waals surface area (Å²) >= 11 is 0. The van der Waals surface area contributed by atoms with Gasteiger partial charge in [-0.15, -0.1) is 0 Å². The predicted molar refractivity (Wildman–Crippen MR) is 194 cm³/mol. The van der Waals surface area contributed by atoms with Crippen molar-refractivity contribution in [2.45, 2.75) is 89.7 Å². The molecule has 0 aromatic carbocycles. The molecule has 0 aliphatic heterocycles. The van der Waals surface area contributed by atoms with Crippen molar-refractivity contribution in [2.75, 3.05) is 19.8 Å². The van der Waals surface area contributed by atoms with Gasteiger partial charge in [0.05, 0.1) is 13.2 Å². The summed E-state index contributed by atoms with van der Waals surface area (Å²) in [5, 5.41) is 24.0. The molecule has 262 valence electrons. The highest BCUT2D eigenvalue weighted by atomic mass is 16.6. The fourth-order valence-electron chi connectivity index (χ4n) is 4.13. The van der Waals surface area contributed by atoms with Gasteiger partial charge in [-0.3, -0.25) is 14.6 Å². The van der Waals surface area contributed by atoms with E-state index >= 15 is 0 Å². The number of nitrogens with zero attached hydrogens (tertiary/aromatic N) is 1. The van der Waals surface area contributed by atoms with Crippen molar-refractivity contribution in [1.82, 2.24) is 15.6 Å². The number of ether oxygens (including phenoxy) is 1. The first-order valence-corrected chi connectivity index (χ1v) is 16.9. The van der Waals surface area contributed by atoms with Gasteiger partial charge in [0.2, 0.25) is 11.8 Å². The molecule has 9 heteroatoms. The molecular weight excluding hydrogens is 606 g/mol. The van der Waals surface area contributed by atoms with Gasteiger partial charge in [0.15, 0.2) is 0 Å². The van der Waals surface area contributed by atoms with Crippen LogP contribution < -0.4 is 10.6 Å². The van der Waals surface area contributed by atoms with Gasteiger partial charge < -0.3 is 25.6 Å². The molecule has 1 aromatic rings. The van der Waals surface area contributed by atoms with Gasteiger partial charge in [0.1, 0.15) is 12.1 Å². The van der Waals surface area contributed by atoms with Gasteiger partial charge in [-0.1, -0.05) is 98.1 Å². The predicted octanol–water partition coefficient (Wildman–Crippen LogP) is 6.24. The van der Waals surface area contributed by atoms with E-state index in [1.165, 1.54) is 0 Å². The van der Waals surface area contributed by atoms with Crippen LogP contribution >= 0.6 is 0 Å². The second kappa shape index (κ2) is 30.0. The Labute approximate surface area is 287 Å². The van der Waals surface area contributed by atoms with Gasteiger partial charge in [-0.25, -0.2) is 4.79 Å². The molecule has 0 aliphatic carbocycles. The summed E-state index contributed by atoms with van der Waals surface area (Å²) < 4.78 is 5.12. The molecule has 0 aliphatic rings. The third kappa shape index (κ3) is 23.9. The van der Waals surface area contributed by atoms with E-state index in [9.17, 15) is 24.6 Å². The number of aliphatic hydroxyl groups excluding tert-OH is 2. The van der Waals surface area contributed by atoms with E-state index in [0.717, 1.165) is 44.1 Å². The molecule has 0 saturated carbocycles. The van der Waals surface area contributed by atoms with Crippen molar-refractivity contribution >= 4 is 23.9 Å². The van der Waals surface area contributed by atoms with E-state index in [1.807, 2.05) is 18.2 Å². The maximum Gasteiger partial charge on any atom is 0.329 e. The van der Waals surface area contributed by atoms with Crippen LogP contribution in [-0.4, -0.2) is 64.9 Å². The average Bonchev–Trinajstić information content (AvgIpc) is 3.09. The fourth-order valence-corrected chi connectivity index (χ4v) is 4.13. The second-order valence-electron chi connectivity index (χ2n) is 10.9. The van der Waals surface area contributed by atoms with E-state index in [4.69, 9.17) is 4.74 Å². The molecular formula is C39H55N3O6. The molecule has 1 atom stereocenters. The standard InChI is InChI=1S/C39H55N3O6/c1-2-3-4-5-6-7-8-9-10-11-12-13-14-15-16-17-18-19-20-27-37(45)41-30-23-26-36(39(47)48-35(32-43)33-44)42-38(46)28-21-24-34-25-22-29-40-31-34/h3-4,6-7,9-10,12-13,15-16,18-19,21-22,24-25,29,31,35-36,43-44H,2,5,8,11,14,17,20,23,26-28,30,32-33H2,1H3,(H,41,45)(H,42,46)/t36-/m0/s1. The lowest BCUT2D eigenvalue weighted by Gasteiger charge is -2.20. The summed E-state index contributed by atoms with van der Waals surface area (Å²) in [7, 11) is 0. The van der Waals surface area contributed by atoms with E-state index in [1.54, 1.807) is 30.6 Å². The van der Waals surface area contributed by atoms with Crippen molar-refractivity contribution in [1.29, 1.82) is 0 Å². The number of esters is 1. The normalized spacial score (nSPS) is 13.0. The number of hydrogen-bond acceptors (Lipinski definition) is 7. The molecule has 0 spiro atoms. The molecule has 9 nitrogen and oxygen atoms in total. The molecule has 1 heterocycles. The SMILES string of the molecule is CCC=CCC=CCC=CCC=CCC=CCC=CCCC(=O)NCCC[C@H](NC(=O)CC=Cc1cccnc1)C(=O)OC(CO)CO. The average molecular weight is 662 g/mol. The minimum atomic E-state index is -1.07. The van der Waals surface area contributed by atoms with Crippen LogP contribution in [-0.2, 0) is 19.1 Å². The lowest BCUT2D eigenvalue weighted by Crippen LogP contribution is -2.44. The Kier molecular flexibility index (Phi) is 26.1. The van der Waals surface area contributed by atoms with Crippen molar-refractivity contribution < 1.29 is 29.3 Å². The van der Waals surface area contributed by atoms with Crippen LogP contribution in [0.15, 0.2) is 104 Å². The molecule has 48 heavy (non-hydrogen) atoms. The molecule has 1 rings (SSSR count). The maximum absolute atomic E-state index is 12.6. The topological polar surface area (TPSA) is 138 Å². The van der Waals surface area contributed by atoms with E-state index in [2.05, 4.69) is 83.3 Å². The third-order valence-corrected chi connectivity index (χ3v) is 6.73. The van der Waals surface area contributed by atoms with Gasteiger partial charge >= 0.3 is 5.97 Å². The lowest BCUT2D eigenvalue weighted by molar-refractivity contribution is -0.157. The van der Waals surface area contributed by atoms with Crippen LogP contribution in [0.1, 0.15) is 83.1 Å². The summed E-state index contributed by atoms with van der Waals surface area (Å²) in [5.41, 5.74) is 0.839. The summed E-state index contributed by atoms with van der Waals surface area (Å²) in [5.74, 6) is -1.24. The number of allylic oxidation sites excluding steroid dienone is 12. The zero-order chi connectivity index (χ0) is 34.9. The van der Waals surface area contributed by atoms with Crippen LogP contribution in [0.2, 0.25) is 0 Å². The number of hydrogen-bond donors (Lipinski definition) is 4. The van der Waals surface area contributed by atoms with Crippen LogP contribution in [0, 0.1) is 0 Å². The minimum absolute atomic E-state index is 0.0352. The van der Waals surface area contributed by atoms with Crippen molar-refractivity contribution in [3.63, 3.8) is 0 Å². The number of amides is 2. The first-order chi connectivity index (χ1) is 23.5. The van der Waals surface area contributed by atoms with Gasteiger partial charge in [-0.05, 0) is 69.4 Å². The zero-order valence-corrected chi connectivity index (χ0v) is 28.4. The molecule has 0 unspecified atom stereocenters. The second-order valence-corrected chi connectivity index (χ2v) is 10.9. The van der Waals surface area contributed by atoms with Gasteiger partial charge in [0, 0.05) is 31.8 Å². The summed E-state index contributed by atoms with van der Waals surface area (Å²) in [6.45, 7) is 1.39. The van der Waals surface area contributed by atoms with E-state index < -0.39 is 31.3 Å². The number of pyridine rings is 1. The highest BCUT2D eigenvalue weighted by Crippen LogP contribution is 2.06. The fraction of sp³-hybridized carbons (Fsp3) is 0.436. The number of carbonyl (C=O) groups excluding carboxylic acids is 3. The van der Waals surface area contributed by atoms with Crippen LogP contribution in [0.5, 0.6) is 0 Å². The van der Waals surface area contributed by atoms with Crippen LogP contribution in [0.3, 0.4) is 0 Å². The third-order valence-electron chi connectivity index (χ3n) is 6.73. The van der Waals surface area contributed by atoms with Crippen LogP contribution in [0.25, 0.3) is 6.08 Å². The van der Waals surface area contributed by atoms with Gasteiger partial charge in [-0.2, -0.15) is 0 Å². The van der Waals surface area contributed by atoms with Crippen molar-refractivity contribution in [3.05, 3.63) is 109 Å². The molecule has 4 N–H and O–H groups in total. The Morgan fingerprint density at radius 2 is 1.40 bits per heavy atom. The molecule has 0 radical (unpaired) electrons. The zero-order valence-electron chi connectivity index (χ0n) is 28.4. The van der Waals surface area contributed by atoms with Crippen LogP contribution in [0.4, 0.5) is 0 Å². The highest BCUT2D eigenvalue weighted by Gasteiger charge is 2.24. The summed E-state index contributed by atoms with van der Waals surface area (Å²) in [4.78, 5) is 41.4. The Hall–Kier alpha value is -4.34. The quantitative estimate of drug-likeness (QED) is 0.0524. The largest absolute Gasteiger partial charge is 0.456 e. The molecule has 0 bridgehead atoms. The molecule has 0 saturated heterocycles. The Morgan fingerprint density at radius 3 is 1.94 bits per heavy atom. The maximum atomic E-state index is 12.6. The van der Waals surface area contributed by atoms with E-state index in [-0.39, 0.29) is 24.7 Å². The lowest BCUT2D eigenvalue weighted by atomic mass is 10.1.